The number of aliphatic imine (C=N–C) groups is 1. The van der Waals surface area contributed by atoms with Crippen LogP contribution in [0.3, 0.4) is 0 Å². The van der Waals surface area contributed by atoms with E-state index >= 15 is 0 Å². The zero-order valence-corrected chi connectivity index (χ0v) is 20.1. The van der Waals surface area contributed by atoms with Crippen LogP contribution in [0, 0.1) is 0 Å². The highest BCUT2D eigenvalue weighted by Crippen LogP contribution is 2.20. The highest BCUT2D eigenvalue weighted by atomic mass is 127. The SMILES string of the molecule is CN=C(NCC(CO)c1ccccc1)NCC(C)(C)N1CC(C)OC(C)C1.I. The Morgan fingerprint density at radius 3 is 2.36 bits per heavy atom. The van der Waals surface area contributed by atoms with E-state index in [1.54, 1.807) is 7.05 Å². The number of guanidine groups is 1. The smallest absolute Gasteiger partial charge is 0.191 e. The molecular formula is C21H37IN4O2. The van der Waals surface area contributed by atoms with Gasteiger partial charge in [0.2, 0.25) is 0 Å². The van der Waals surface area contributed by atoms with E-state index in [1.165, 1.54) is 0 Å². The molecule has 6 nitrogen and oxygen atoms in total. The highest BCUT2D eigenvalue weighted by Gasteiger charge is 2.33. The third-order valence-electron chi connectivity index (χ3n) is 5.19. The van der Waals surface area contributed by atoms with E-state index in [0.29, 0.717) is 6.54 Å². The maximum absolute atomic E-state index is 9.73. The summed E-state index contributed by atoms with van der Waals surface area (Å²) < 4.78 is 5.86. The Hall–Kier alpha value is -0.900. The van der Waals surface area contributed by atoms with E-state index in [1.807, 2.05) is 30.3 Å². The molecule has 160 valence electrons. The second-order valence-corrected chi connectivity index (χ2v) is 8.07. The van der Waals surface area contributed by atoms with Gasteiger partial charge in [-0.3, -0.25) is 9.89 Å². The summed E-state index contributed by atoms with van der Waals surface area (Å²) in [6.45, 7) is 12.1. The van der Waals surface area contributed by atoms with Crippen molar-refractivity contribution in [2.75, 3.05) is 39.8 Å². The van der Waals surface area contributed by atoms with Gasteiger partial charge < -0.3 is 20.5 Å². The Balaban J connectivity index is 0.00000392. The molecule has 1 aromatic rings. The summed E-state index contributed by atoms with van der Waals surface area (Å²) in [5.41, 5.74) is 1.11. The van der Waals surface area contributed by atoms with Crippen molar-refractivity contribution in [3.63, 3.8) is 0 Å². The molecule has 0 aliphatic carbocycles. The van der Waals surface area contributed by atoms with E-state index in [-0.39, 0.29) is 54.2 Å². The van der Waals surface area contributed by atoms with Crippen LogP contribution >= 0.6 is 24.0 Å². The van der Waals surface area contributed by atoms with E-state index in [2.05, 4.69) is 48.2 Å². The van der Waals surface area contributed by atoms with Crippen LogP contribution < -0.4 is 10.6 Å². The van der Waals surface area contributed by atoms with E-state index < -0.39 is 0 Å². The number of aliphatic hydroxyl groups excluding tert-OH is 1. The summed E-state index contributed by atoms with van der Waals surface area (Å²) in [5.74, 6) is 0.797. The van der Waals surface area contributed by atoms with Gasteiger partial charge in [0, 0.05) is 44.7 Å². The molecular weight excluding hydrogens is 467 g/mol. The molecule has 1 aliphatic heterocycles. The van der Waals surface area contributed by atoms with Gasteiger partial charge in [-0.1, -0.05) is 30.3 Å². The van der Waals surface area contributed by atoms with Gasteiger partial charge in [0.25, 0.3) is 0 Å². The van der Waals surface area contributed by atoms with Gasteiger partial charge in [-0.2, -0.15) is 0 Å². The largest absolute Gasteiger partial charge is 0.396 e. The average Bonchev–Trinajstić information content (AvgIpc) is 2.64. The number of aliphatic hydroxyl groups is 1. The summed E-state index contributed by atoms with van der Waals surface area (Å²) in [6.07, 6.45) is 0.503. The number of halogens is 1. The Morgan fingerprint density at radius 1 is 1.21 bits per heavy atom. The van der Waals surface area contributed by atoms with Crippen LogP contribution in [0.5, 0.6) is 0 Å². The van der Waals surface area contributed by atoms with Crippen LogP contribution in [0.15, 0.2) is 35.3 Å². The zero-order valence-electron chi connectivity index (χ0n) is 17.8. The van der Waals surface area contributed by atoms with Crippen LogP contribution in [-0.2, 0) is 4.74 Å². The molecule has 2 rings (SSSR count). The molecule has 3 atom stereocenters. The molecule has 0 aromatic heterocycles. The van der Waals surface area contributed by atoms with E-state index in [4.69, 9.17) is 4.74 Å². The lowest BCUT2D eigenvalue weighted by molar-refractivity contribution is -0.0946. The molecule has 3 N–H and O–H groups in total. The predicted molar refractivity (Wildman–Crippen MR) is 127 cm³/mol. The summed E-state index contributed by atoms with van der Waals surface area (Å²) in [6, 6.07) is 10.1. The van der Waals surface area contributed by atoms with Crippen LogP contribution in [0.25, 0.3) is 0 Å². The molecule has 0 radical (unpaired) electrons. The second kappa shape index (κ2) is 11.9. The fourth-order valence-corrected chi connectivity index (χ4v) is 3.54. The van der Waals surface area contributed by atoms with Crippen molar-refractivity contribution in [1.29, 1.82) is 0 Å². The molecule has 3 unspecified atom stereocenters. The summed E-state index contributed by atoms with van der Waals surface area (Å²) in [4.78, 5) is 6.81. The lowest BCUT2D eigenvalue weighted by Crippen LogP contribution is -2.59. The van der Waals surface area contributed by atoms with Crippen LogP contribution in [0.2, 0.25) is 0 Å². The lowest BCUT2D eigenvalue weighted by atomic mass is 10.00. The number of ether oxygens (including phenoxy) is 1. The maximum Gasteiger partial charge on any atom is 0.191 e. The molecule has 7 heteroatoms. The molecule has 1 fully saturated rings. The molecule has 0 amide bonds. The molecule has 1 aliphatic rings. The molecule has 0 spiro atoms. The van der Waals surface area contributed by atoms with Crippen molar-refractivity contribution in [3.8, 4) is 0 Å². The first kappa shape index (κ1) is 25.1. The topological polar surface area (TPSA) is 69.1 Å². The van der Waals surface area contributed by atoms with Crippen molar-refractivity contribution in [3.05, 3.63) is 35.9 Å². The standard InChI is InChI=1S/C21H36N4O2.HI/c1-16-12-25(13-17(2)27-16)21(3,4)15-24-20(22-5)23-11-19(14-26)18-9-7-6-8-10-18;/h6-10,16-17,19,26H,11-15H2,1-5H3,(H2,22,23,24);1H. The van der Waals surface area contributed by atoms with Gasteiger partial charge >= 0.3 is 0 Å². The van der Waals surface area contributed by atoms with Crippen molar-refractivity contribution < 1.29 is 9.84 Å². The van der Waals surface area contributed by atoms with Gasteiger partial charge in [-0.25, -0.2) is 0 Å². The third-order valence-corrected chi connectivity index (χ3v) is 5.19. The number of benzene rings is 1. The lowest BCUT2D eigenvalue weighted by Gasteiger charge is -2.45. The molecule has 28 heavy (non-hydrogen) atoms. The summed E-state index contributed by atoms with van der Waals surface area (Å²) in [5, 5.41) is 16.5. The first-order valence-corrected chi connectivity index (χ1v) is 9.86. The van der Waals surface area contributed by atoms with Gasteiger partial charge in [0.05, 0.1) is 18.8 Å². The third kappa shape index (κ3) is 7.50. The van der Waals surface area contributed by atoms with E-state index in [0.717, 1.165) is 31.2 Å². The van der Waals surface area contributed by atoms with Crippen molar-refractivity contribution in [2.24, 2.45) is 4.99 Å². The first-order valence-electron chi connectivity index (χ1n) is 9.86. The second-order valence-electron chi connectivity index (χ2n) is 8.07. The van der Waals surface area contributed by atoms with Crippen LogP contribution in [0.1, 0.15) is 39.2 Å². The minimum absolute atomic E-state index is 0. The number of rotatable bonds is 7. The summed E-state index contributed by atoms with van der Waals surface area (Å²) in [7, 11) is 1.78. The van der Waals surface area contributed by atoms with Gasteiger partial charge in [-0.05, 0) is 33.3 Å². The Kier molecular flexibility index (Phi) is 10.7. The number of hydrogen-bond acceptors (Lipinski definition) is 4. The normalized spacial score (nSPS) is 22.3. The Morgan fingerprint density at radius 2 is 1.82 bits per heavy atom. The van der Waals surface area contributed by atoms with Crippen LogP contribution in [-0.4, -0.2) is 73.5 Å². The van der Waals surface area contributed by atoms with Crippen LogP contribution in [0.4, 0.5) is 0 Å². The maximum atomic E-state index is 9.73. The Bertz CT molecular complexity index is 587. The van der Waals surface area contributed by atoms with E-state index in [9.17, 15) is 5.11 Å². The molecule has 0 saturated carbocycles. The van der Waals surface area contributed by atoms with Crippen molar-refractivity contribution in [2.45, 2.75) is 51.4 Å². The van der Waals surface area contributed by atoms with Crippen molar-refractivity contribution in [1.82, 2.24) is 15.5 Å². The number of morpholine rings is 1. The first-order chi connectivity index (χ1) is 12.9. The zero-order chi connectivity index (χ0) is 19.9. The highest BCUT2D eigenvalue weighted by molar-refractivity contribution is 14.0. The van der Waals surface area contributed by atoms with Crippen molar-refractivity contribution >= 4 is 29.9 Å². The minimum Gasteiger partial charge on any atom is -0.396 e. The molecule has 0 bridgehead atoms. The van der Waals surface area contributed by atoms with Gasteiger partial charge in [-0.15, -0.1) is 24.0 Å². The van der Waals surface area contributed by atoms with Gasteiger partial charge in [0.15, 0.2) is 5.96 Å². The minimum atomic E-state index is -0.0142. The van der Waals surface area contributed by atoms with Gasteiger partial charge in [0.1, 0.15) is 0 Å². The predicted octanol–water partition coefficient (Wildman–Crippen LogP) is 2.43. The quantitative estimate of drug-likeness (QED) is 0.303. The number of nitrogens with zero attached hydrogens (tertiary/aromatic N) is 2. The summed E-state index contributed by atoms with van der Waals surface area (Å²) >= 11 is 0. The number of hydrogen-bond donors (Lipinski definition) is 3. The Labute approximate surface area is 187 Å². The molecule has 1 aromatic carbocycles. The number of nitrogens with one attached hydrogen (secondary N) is 2. The average molecular weight is 504 g/mol. The molecule has 1 heterocycles. The monoisotopic (exact) mass is 504 g/mol. The fourth-order valence-electron chi connectivity index (χ4n) is 3.54. The fraction of sp³-hybridized carbons (Fsp3) is 0.667. The molecule has 1 saturated heterocycles.